The minimum absolute atomic E-state index is 0.319. The SMILES string of the molecule is C=C[C@@H]1C[C@H](c2c(OC)ccc(Cl)c2Cl)CN1. The van der Waals surface area contributed by atoms with E-state index in [0.717, 1.165) is 24.3 Å². The van der Waals surface area contributed by atoms with Crippen LogP contribution in [0.25, 0.3) is 0 Å². The van der Waals surface area contributed by atoms with Crippen molar-refractivity contribution in [3.8, 4) is 5.75 Å². The maximum atomic E-state index is 6.28. The van der Waals surface area contributed by atoms with Crippen molar-refractivity contribution in [2.75, 3.05) is 13.7 Å². The molecule has 1 fully saturated rings. The van der Waals surface area contributed by atoms with Gasteiger partial charge >= 0.3 is 0 Å². The lowest BCUT2D eigenvalue weighted by Gasteiger charge is -2.16. The van der Waals surface area contributed by atoms with Crippen molar-refractivity contribution in [2.24, 2.45) is 0 Å². The zero-order chi connectivity index (χ0) is 12.4. The highest BCUT2D eigenvalue weighted by Gasteiger charge is 2.28. The normalized spacial score (nSPS) is 23.7. The number of ether oxygens (including phenoxy) is 1. The Labute approximate surface area is 112 Å². The van der Waals surface area contributed by atoms with Gasteiger partial charge in [-0.1, -0.05) is 29.3 Å². The van der Waals surface area contributed by atoms with Crippen LogP contribution in [0.1, 0.15) is 17.9 Å². The average molecular weight is 272 g/mol. The minimum Gasteiger partial charge on any atom is -0.496 e. The highest BCUT2D eigenvalue weighted by atomic mass is 35.5. The fourth-order valence-electron chi connectivity index (χ4n) is 2.27. The summed E-state index contributed by atoms with van der Waals surface area (Å²) < 4.78 is 5.37. The van der Waals surface area contributed by atoms with Crippen LogP contribution in [0.3, 0.4) is 0 Å². The van der Waals surface area contributed by atoms with E-state index in [2.05, 4.69) is 11.9 Å². The summed E-state index contributed by atoms with van der Waals surface area (Å²) in [5, 5.41) is 4.55. The molecule has 0 spiro atoms. The van der Waals surface area contributed by atoms with Gasteiger partial charge in [0.2, 0.25) is 0 Å². The molecule has 1 aromatic rings. The number of halogens is 2. The predicted molar refractivity (Wildman–Crippen MR) is 72.4 cm³/mol. The number of hydrogen-bond acceptors (Lipinski definition) is 2. The summed E-state index contributed by atoms with van der Waals surface area (Å²) in [7, 11) is 1.65. The van der Waals surface area contributed by atoms with E-state index in [1.54, 1.807) is 13.2 Å². The van der Waals surface area contributed by atoms with Gasteiger partial charge < -0.3 is 10.1 Å². The fourth-order valence-corrected chi connectivity index (χ4v) is 2.75. The molecule has 0 aromatic heterocycles. The van der Waals surface area contributed by atoms with Crippen LogP contribution in [0.2, 0.25) is 10.0 Å². The van der Waals surface area contributed by atoms with E-state index >= 15 is 0 Å². The largest absolute Gasteiger partial charge is 0.496 e. The Morgan fingerprint density at radius 1 is 1.47 bits per heavy atom. The summed E-state index contributed by atoms with van der Waals surface area (Å²) in [4.78, 5) is 0. The first-order valence-electron chi connectivity index (χ1n) is 5.55. The van der Waals surface area contributed by atoms with E-state index in [9.17, 15) is 0 Å². The third kappa shape index (κ3) is 2.44. The number of rotatable bonds is 3. The Morgan fingerprint density at radius 2 is 2.24 bits per heavy atom. The van der Waals surface area contributed by atoms with E-state index in [-0.39, 0.29) is 0 Å². The molecule has 2 rings (SSSR count). The number of hydrogen-bond donors (Lipinski definition) is 1. The van der Waals surface area contributed by atoms with Crippen LogP contribution in [0.15, 0.2) is 24.8 Å². The third-order valence-corrected chi connectivity index (χ3v) is 3.99. The van der Waals surface area contributed by atoms with E-state index in [0.29, 0.717) is 22.0 Å². The molecular weight excluding hydrogens is 257 g/mol. The smallest absolute Gasteiger partial charge is 0.123 e. The predicted octanol–water partition coefficient (Wildman–Crippen LogP) is 3.63. The minimum atomic E-state index is 0.319. The highest BCUT2D eigenvalue weighted by Crippen LogP contribution is 2.41. The van der Waals surface area contributed by atoms with Crippen molar-refractivity contribution in [3.63, 3.8) is 0 Å². The molecule has 1 aromatic carbocycles. The standard InChI is InChI=1S/C13H15Cl2NO/c1-3-9-6-8(7-16-9)12-11(17-2)5-4-10(14)13(12)15/h3-5,8-9,16H,1,6-7H2,2H3/t8-,9+/m0/s1. The highest BCUT2D eigenvalue weighted by molar-refractivity contribution is 6.42. The van der Waals surface area contributed by atoms with Gasteiger partial charge in [-0.15, -0.1) is 6.58 Å². The molecule has 4 heteroatoms. The summed E-state index contributed by atoms with van der Waals surface area (Å²) in [6.45, 7) is 4.67. The average Bonchev–Trinajstić information content (AvgIpc) is 2.80. The fraction of sp³-hybridized carbons (Fsp3) is 0.385. The molecule has 1 N–H and O–H groups in total. The Kier molecular flexibility index (Phi) is 3.97. The molecule has 92 valence electrons. The Bertz CT molecular complexity index is 434. The van der Waals surface area contributed by atoms with Gasteiger partial charge in [0.1, 0.15) is 5.75 Å². The van der Waals surface area contributed by atoms with E-state index < -0.39 is 0 Å². The monoisotopic (exact) mass is 271 g/mol. The maximum Gasteiger partial charge on any atom is 0.123 e. The number of benzene rings is 1. The number of methoxy groups -OCH3 is 1. The molecule has 0 saturated carbocycles. The molecule has 2 atom stereocenters. The van der Waals surface area contributed by atoms with Crippen molar-refractivity contribution < 1.29 is 4.74 Å². The lowest BCUT2D eigenvalue weighted by atomic mass is 9.95. The summed E-state index contributed by atoms with van der Waals surface area (Å²) in [5.74, 6) is 1.12. The Balaban J connectivity index is 2.37. The molecule has 0 aliphatic carbocycles. The van der Waals surface area contributed by atoms with E-state index in [1.165, 1.54) is 0 Å². The van der Waals surface area contributed by atoms with Gasteiger partial charge in [-0.25, -0.2) is 0 Å². The first-order valence-corrected chi connectivity index (χ1v) is 6.30. The van der Waals surface area contributed by atoms with Crippen molar-refractivity contribution in [1.29, 1.82) is 0 Å². The Morgan fingerprint density at radius 3 is 2.82 bits per heavy atom. The molecule has 1 heterocycles. The molecule has 0 bridgehead atoms. The van der Waals surface area contributed by atoms with Crippen LogP contribution in [0.5, 0.6) is 5.75 Å². The first-order chi connectivity index (χ1) is 8.17. The third-order valence-electron chi connectivity index (χ3n) is 3.17. The van der Waals surface area contributed by atoms with Crippen LogP contribution in [-0.4, -0.2) is 19.7 Å². The molecule has 1 aliphatic heterocycles. The molecule has 1 aliphatic rings. The molecule has 2 nitrogen and oxygen atoms in total. The second-order valence-electron chi connectivity index (χ2n) is 4.16. The van der Waals surface area contributed by atoms with Gasteiger partial charge in [-0.05, 0) is 18.6 Å². The van der Waals surface area contributed by atoms with E-state index in [4.69, 9.17) is 27.9 Å². The van der Waals surface area contributed by atoms with Gasteiger partial charge in [-0.3, -0.25) is 0 Å². The lowest BCUT2D eigenvalue weighted by Crippen LogP contribution is -2.17. The summed E-state index contributed by atoms with van der Waals surface area (Å²) in [6.07, 6.45) is 2.89. The van der Waals surface area contributed by atoms with Gasteiger partial charge in [0.15, 0.2) is 0 Å². The van der Waals surface area contributed by atoms with Crippen LogP contribution in [0, 0.1) is 0 Å². The maximum absolute atomic E-state index is 6.28. The van der Waals surface area contributed by atoms with Crippen molar-refractivity contribution >= 4 is 23.2 Å². The zero-order valence-corrected chi connectivity index (χ0v) is 11.2. The van der Waals surface area contributed by atoms with Crippen LogP contribution in [0.4, 0.5) is 0 Å². The second-order valence-corrected chi connectivity index (χ2v) is 4.95. The summed E-state index contributed by atoms with van der Waals surface area (Å²) in [6, 6.07) is 3.96. The van der Waals surface area contributed by atoms with Crippen LogP contribution in [-0.2, 0) is 0 Å². The molecule has 1 saturated heterocycles. The molecule has 0 unspecified atom stereocenters. The summed E-state index contributed by atoms with van der Waals surface area (Å²) >= 11 is 12.3. The molecule has 17 heavy (non-hydrogen) atoms. The second kappa shape index (κ2) is 5.30. The summed E-state index contributed by atoms with van der Waals surface area (Å²) in [5.41, 5.74) is 0.999. The number of nitrogens with one attached hydrogen (secondary N) is 1. The van der Waals surface area contributed by atoms with Gasteiger partial charge in [-0.2, -0.15) is 0 Å². The van der Waals surface area contributed by atoms with Crippen molar-refractivity contribution in [1.82, 2.24) is 5.32 Å². The quantitative estimate of drug-likeness (QED) is 0.848. The van der Waals surface area contributed by atoms with E-state index in [1.807, 2.05) is 12.1 Å². The Hall–Kier alpha value is -0.700. The zero-order valence-electron chi connectivity index (χ0n) is 9.67. The molecular formula is C13H15Cl2NO. The van der Waals surface area contributed by atoms with Crippen LogP contribution >= 0.6 is 23.2 Å². The topological polar surface area (TPSA) is 21.3 Å². The van der Waals surface area contributed by atoms with Gasteiger partial charge in [0.25, 0.3) is 0 Å². The van der Waals surface area contributed by atoms with Gasteiger partial charge in [0, 0.05) is 24.1 Å². The van der Waals surface area contributed by atoms with Gasteiger partial charge in [0.05, 0.1) is 17.2 Å². The molecule has 0 amide bonds. The van der Waals surface area contributed by atoms with Crippen LogP contribution < -0.4 is 10.1 Å². The molecule has 0 radical (unpaired) electrons. The first kappa shape index (κ1) is 12.7. The van der Waals surface area contributed by atoms with Crippen molar-refractivity contribution in [3.05, 3.63) is 40.4 Å². The van der Waals surface area contributed by atoms with Crippen molar-refractivity contribution in [2.45, 2.75) is 18.4 Å². The lowest BCUT2D eigenvalue weighted by molar-refractivity contribution is 0.406.